The molecule has 138 valence electrons. The van der Waals surface area contributed by atoms with Crippen LogP contribution in [0.4, 0.5) is 4.39 Å². The molecule has 7 heteroatoms. The molecule has 1 unspecified atom stereocenters. The molecule has 1 heterocycles. The van der Waals surface area contributed by atoms with Crippen molar-refractivity contribution in [2.24, 2.45) is 0 Å². The zero-order valence-corrected chi connectivity index (χ0v) is 17.3. The van der Waals surface area contributed by atoms with Gasteiger partial charge in [0.25, 0.3) is 0 Å². The van der Waals surface area contributed by atoms with Crippen LogP contribution in [-0.2, 0) is 11.3 Å². The number of rotatable bonds is 6. The van der Waals surface area contributed by atoms with Crippen LogP contribution < -0.4 is 5.30 Å². The van der Waals surface area contributed by atoms with Gasteiger partial charge in [-0.05, 0) is 59.8 Å². The third kappa shape index (κ3) is 4.37. The van der Waals surface area contributed by atoms with E-state index in [9.17, 15) is 4.39 Å². The molecule has 0 aliphatic heterocycles. The molecular formula is C19H20Cl2FN2OP. The van der Waals surface area contributed by atoms with Gasteiger partial charge in [0.1, 0.15) is 16.1 Å². The van der Waals surface area contributed by atoms with Gasteiger partial charge in [0.2, 0.25) is 0 Å². The molecule has 0 bridgehead atoms. The Morgan fingerprint density at radius 3 is 2.62 bits per heavy atom. The van der Waals surface area contributed by atoms with Crippen molar-refractivity contribution >= 4 is 37.7 Å². The number of pyridine rings is 1. The Bertz CT molecular complexity index is 867. The van der Waals surface area contributed by atoms with Gasteiger partial charge in [0, 0.05) is 18.3 Å². The molecule has 1 atom stereocenters. The van der Waals surface area contributed by atoms with Crippen molar-refractivity contribution in [1.82, 2.24) is 10.0 Å². The Morgan fingerprint density at radius 1 is 1.27 bits per heavy atom. The van der Waals surface area contributed by atoms with E-state index in [0.29, 0.717) is 22.7 Å². The number of hydroxylamine groups is 2. The lowest BCUT2D eigenvalue weighted by atomic mass is 9.97. The first-order valence-electron chi connectivity index (χ1n) is 8.29. The van der Waals surface area contributed by atoms with Gasteiger partial charge in [0.05, 0.1) is 7.11 Å². The van der Waals surface area contributed by atoms with Crippen LogP contribution in [0.25, 0.3) is 11.1 Å². The first-order chi connectivity index (χ1) is 12.4. The molecule has 2 aromatic rings. The van der Waals surface area contributed by atoms with Crippen LogP contribution in [0, 0.1) is 5.82 Å². The number of aromatic nitrogens is 1. The highest BCUT2D eigenvalue weighted by Gasteiger charge is 2.22. The minimum atomic E-state index is -0.313. The normalized spacial score (nSPS) is 13.1. The third-order valence-corrected chi connectivity index (χ3v) is 5.37. The molecule has 1 aromatic heterocycles. The molecule has 0 spiro atoms. The van der Waals surface area contributed by atoms with Crippen LogP contribution in [-0.4, -0.2) is 24.2 Å². The summed E-state index contributed by atoms with van der Waals surface area (Å²) in [5.74, 6) is -0.313. The summed E-state index contributed by atoms with van der Waals surface area (Å²) in [5, 5.41) is 3.12. The number of hydrogen-bond acceptors (Lipinski definition) is 3. The number of nitrogens with zero attached hydrogens (tertiary/aromatic N) is 2. The molecule has 0 N–H and O–H groups in total. The Labute approximate surface area is 165 Å². The van der Waals surface area contributed by atoms with E-state index in [1.165, 1.54) is 11.6 Å². The zero-order valence-electron chi connectivity index (χ0n) is 14.7. The lowest BCUT2D eigenvalue weighted by molar-refractivity contribution is -0.0803. The maximum Gasteiger partial charge on any atom is 0.134 e. The minimum absolute atomic E-state index is 0.248. The Kier molecular flexibility index (Phi) is 6.19. The van der Waals surface area contributed by atoms with Crippen molar-refractivity contribution in [3.05, 3.63) is 57.2 Å². The fourth-order valence-corrected chi connectivity index (χ4v) is 3.77. The number of hydrogen-bond donors (Lipinski definition) is 0. The second-order valence-electron chi connectivity index (χ2n) is 6.23. The maximum atomic E-state index is 14.5. The molecule has 3 nitrogen and oxygen atoms in total. The average Bonchev–Trinajstić information content (AvgIpc) is 3.41. The zero-order chi connectivity index (χ0) is 18.8. The van der Waals surface area contributed by atoms with Crippen LogP contribution in [0.1, 0.15) is 24.8 Å². The highest BCUT2D eigenvalue weighted by Crippen LogP contribution is 2.37. The van der Waals surface area contributed by atoms with Crippen LogP contribution >= 0.6 is 32.4 Å². The van der Waals surface area contributed by atoms with Gasteiger partial charge in [-0.15, -0.1) is 9.24 Å². The molecule has 0 radical (unpaired) electrons. The number of halogens is 3. The Balaban J connectivity index is 1.98. The van der Waals surface area contributed by atoms with Gasteiger partial charge in [0.15, 0.2) is 0 Å². The van der Waals surface area contributed by atoms with E-state index in [1.807, 2.05) is 13.1 Å². The molecule has 1 aliphatic carbocycles. The standard InChI is InChI=1S/C19H20Cl2FN2OP/c1-24(25-2)17(11-3-4-11)8-7-14-15(10-18(20)23-19(14)21)13-6-5-12(26)9-16(13)22/h5-6,9-10H,3-4,7-8,26H2,1-2H3. The Hall–Kier alpha value is -1.19. The number of allylic oxidation sites excluding steroid dienone is 2. The summed E-state index contributed by atoms with van der Waals surface area (Å²) in [5.41, 5.74) is 4.46. The molecule has 3 rings (SSSR count). The van der Waals surface area contributed by atoms with Gasteiger partial charge in [-0.2, -0.15) is 0 Å². The SMILES string of the molecule is CON(C)C(CCc1c(-c2ccc(P)cc2F)cc(Cl)nc1Cl)=C1CC1. The molecule has 0 saturated heterocycles. The average molecular weight is 413 g/mol. The molecule has 1 fully saturated rings. The predicted octanol–water partition coefficient (Wildman–Crippen LogP) is 5.17. The Morgan fingerprint density at radius 2 is 2.00 bits per heavy atom. The largest absolute Gasteiger partial charge is 0.277 e. The summed E-state index contributed by atoms with van der Waals surface area (Å²) in [7, 11) is 6.02. The van der Waals surface area contributed by atoms with E-state index < -0.39 is 0 Å². The number of benzene rings is 1. The van der Waals surface area contributed by atoms with E-state index >= 15 is 0 Å². The predicted molar refractivity (Wildman–Crippen MR) is 108 cm³/mol. The third-order valence-electron chi connectivity index (χ3n) is 4.50. The monoisotopic (exact) mass is 412 g/mol. The van der Waals surface area contributed by atoms with Crippen molar-refractivity contribution in [2.45, 2.75) is 25.7 Å². The molecule has 26 heavy (non-hydrogen) atoms. The molecule has 1 aromatic carbocycles. The molecule has 0 amide bonds. The van der Waals surface area contributed by atoms with Gasteiger partial charge >= 0.3 is 0 Å². The fraction of sp³-hybridized carbons (Fsp3) is 0.316. The summed E-state index contributed by atoms with van der Waals surface area (Å²) in [6, 6.07) is 6.73. The van der Waals surface area contributed by atoms with Crippen molar-refractivity contribution in [2.75, 3.05) is 14.2 Å². The molecular weight excluding hydrogens is 393 g/mol. The van der Waals surface area contributed by atoms with Crippen molar-refractivity contribution in [3.8, 4) is 11.1 Å². The summed E-state index contributed by atoms with van der Waals surface area (Å²) < 4.78 is 14.5. The summed E-state index contributed by atoms with van der Waals surface area (Å²) in [6.07, 6.45) is 3.53. The van der Waals surface area contributed by atoms with Crippen LogP contribution in [0.2, 0.25) is 10.3 Å². The first-order valence-corrected chi connectivity index (χ1v) is 9.63. The summed E-state index contributed by atoms with van der Waals surface area (Å²) in [4.78, 5) is 9.50. The lowest BCUT2D eigenvalue weighted by Gasteiger charge is -2.21. The van der Waals surface area contributed by atoms with Gasteiger partial charge in [-0.1, -0.05) is 35.3 Å². The fourth-order valence-electron chi connectivity index (χ4n) is 3.00. The van der Waals surface area contributed by atoms with Crippen molar-refractivity contribution in [3.63, 3.8) is 0 Å². The second-order valence-corrected chi connectivity index (χ2v) is 7.64. The van der Waals surface area contributed by atoms with Gasteiger partial charge < -0.3 is 0 Å². The van der Waals surface area contributed by atoms with E-state index in [0.717, 1.165) is 35.8 Å². The summed E-state index contributed by atoms with van der Waals surface area (Å²) >= 11 is 12.5. The van der Waals surface area contributed by atoms with E-state index in [4.69, 9.17) is 28.0 Å². The van der Waals surface area contributed by atoms with E-state index in [2.05, 4.69) is 14.2 Å². The minimum Gasteiger partial charge on any atom is -0.277 e. The van der Waals surface area contributed by atoms with Crippen LogP contribution in [0.3, 0.4) is 0 Å². The highest BCUT2D eigenvalue weighted by molar-refractivity contribution is 7.27. The topological polar surface area (TPSA) is 25.4 Å². The smallest absolute Gasteiger partial charge is 0.134 e. The second kappa shape index (κ2) is 8.22. The maximum absolute atomic E-state index is 14.5. The molecule has 1 aliphatic rings. The van der Waals surface area contributed by atoms with Gasteiger partial charge in [-0.3, -0.25) is 9.90 Å². The lowest BCUT2D eigenvalue weighted by Crippen LogP contribution is -2.17. The van der Waals surface area contributed by atoms with Crippen LogP contribution in [0.15, 0.2) is 35.5 Å². The van der Waals surface area contributed by atoms with E-state index in [-0.39, 0.29) is 11.0 Å². The van der Waals surface area contributed by atoms with Crippen molar-refractivity contribution in [1.29, 1.82) is 0 Å². The molecule has 1 saturated carbocycles. The van der Waals surface area contributed by atoms with E-state index in [1.54, 1.807) is 24.3 Å². The first kappa shape index (κ1) is 19.6. The van der Waals surface area contributed by atoms with Gasteiger partial charge in [-0.25, -0.2) is 9.37 Å². The van der Waals surface area contributed by atoms with Crippen LogP contribution in [0.5, 0.6) is 0 Å². The summed E-state index contributed by atoms with van der Waals surface area (Å²) in [6.45, 7) is 0. The quantitative estimate of drug-likeness (QED) is 0.371. The van der Waals surface area contributed by atoms with Crippen molar-refractivity contribution < 1.29 is 9.23 Å². The highest BCUT2D eigenvalue weighted by atomic mass is 35.5.